The predicted octanol–water partition coefficient (Wildman–Crippen LogP) is 3.19. The van der Waals surface area contributed by atoms with Crippen molar-refractivity contribution in [3.63, 3.8) is 0 Å². The molecule has 2 rings (SSSR count). The van der Waals surface area contributed by atoms with E-state index >= 15 is 0 Å². The molecule has 0 N–H and O–H groups in total. The van der Waals surface area contributed by atoms with Gasteiger partial charge in [-0.25, -0.2) is 4.98 Å². The van der Waals surface area contributed by atoms with Gasteiger partial charge in [0.1, 0.15) is 5.52 Å². The Labute approximate surface area is 85.3 Å². The van der Waals surface area contributed by atoms with E-state index in [0.29, 0.717) is 0 Å². The number of rotatable bonds is 0. The number of nitrogens with zero attached hydrogens (tertiary/aromatic N) is 1. The van der Waals surface area contributed by atoms with Gasteiger partial charge in [-0.3, -0.25) is 0 Å². The molecule has 0 saturated carbocycles. The Bertz CT molecular complexity index is 362. The van der Waals surface area contributed by atoms with Crippen LogP contribution in [0.1, 0.15) is 0 Å². The molecule has 0 aliphatic heterocycles. The zero-order valence-corrected chi connectivity index (χ0v) is 9.09. The molecule has 1 aromatic carbocycles. The van der Waals surface area contributed by atoms with Gasteiger partial charge < -0.3 is 4.42 Å². The number of oxazole rings is 1. The number of hydrogen-bond acceptors (Lipinski definition) is 2. The van der Waals surface area contributed by atoms with Crippen LogP contribution in [0.2, 0.25) is 0 Å². The van der Waals surface area contributed by atoms with E-state index < -0.39 is 0 Å². The van der Waals surface area contributed by atoms with Crippen molar-refractivity contribution in [3.8, 4) is 0 Å². The van der Waals surface area contributed by atoms with Crippen LogP contribution in [0.15, 0.2) is 27.4 Å². The first-order valence-electron chi connectivity index (χ1n) is 2.96. The van der Waals surface area contributed by atoms with Crippen LogP contribution >= 0.6 is 38.5 Å². The van der Waals surface area contributed by atoms with Crippen molar-refractivity contribution < 1.29 is 4.42 Å². The monoisotopic (exact) mass is 323 g/mol. The molecule has 0 fully saturated rings. The zero-order valence-electron chi connectivity index (χ0n) is 5.34. The van der Waals surface area contributed by atoms with Crippen LogP contribution in [0.5, 0.6) is 0 Å². The first kappa shape index (κ1) is 7.54. The van der Waals surface area contributed by atoms with Crippen molar-refractivity contribution in [1.29, 1.82) is 0 Å². The first-order chi connectivity index (χ1) is 5.29. The quantitative estimate of drug-likeness (QED) is 0.696. The second kappa shape index (κ2) is 2.75. The second-order valence-corrected chi connectivity index (χ2v) is 4.08. The topological polar surface area (TPSA) is 26.0 Å². The number of fused-ring (bicyclic) bond motifs is 1. The van der Waals surface area contributed by atoms with Gasteiger partial charge in [-0.2, -0.15) is 0 Å². The van der Waals surface area contributed by atoms with Crippen LogP contribution < -0.4 is 0 Å². The van der Waals surface area contributed by atoms with Crippen LogP contribution in [-0.2, 0) is 0 Å². The average Bonchev–Trinajstić information content (AvgIpc) is 2.45. The average molecular weight is 324 g/mol. The molecule has 0 radical (unpaired) electrons. The highest BCUT2D eigenvalue weighted by atomic mass is 127. The third kappa shape index (κ3) is 1.18. The maximum atomic E-state index is 5.18. The van der Waals surface area contributed by atoms with E-state index in [2.05, 4.69) is 43.5 Å². The lowest BCUT2D eigenvalue weighted by Crippen LogP contribution is -1.74. The number of benzene rings is 1. The van der Waals surface area contributed by atoms with Gasteiger partial charge >= 0.3 is 0 Å². The second-order valence-electron chi connectivity index (χ2n) is 2.06. The van der Waals surface area contributed by atoms with Gasteiger partial charge in [0.05, 0.1) is 3.57 Å². The Kier molecular flexibility index (Phi) is 1.88. The summed E-state index contributed by atoms with van der Waals surface area (Å²) in [5.74, 6) is 0. The Morgan fingerprint density at radius 1 is 1.45 bits per heavy atom. The van der Waals surface area contributed by atoms with Crippen molar-refractivity contribution >= 4 is 49.6 Å². The maximum Gasteiger partial charge on any atom is 0.182 e. The number of hydrogen-bond donors (Lipinski definition) is 0. The van der Waals surface area contributed by atoms with Crippen molar-refractivity contribution in [2.75, 3.05) is 0 Å². The van der Waals surface area contributed by atoms with Gasteiger partial charge in [-0.15, -0.1) is 0 Å². The van der Waals surface area contributed by atoms with Crippen molar-refractivity contribution in [1.82, 2.24) is 4.98 Å². The van der Waals surface area contributed by atoms with Crippen LogP contribution in [-0.4, -0.2) is 4.98 Å². The fraction of sp³-hybridized carbons (Fsp3) is 0. The van der Waals surface area contributed by atoms with Gasteiger partial charge in [0.15, 0.2) is 12.0 Å². The maximum absolute atomic E-state index is 5.18. The zero-order chi connectivity index (χ0) is 7.84. The molecule has 2 nitrogen and oxygen atoms in total. The van der Waals surface area contributed by atoms with E-state index in [1.165, 1.54) is 6.39 Å². The van der Waals surface area contributed by atoms with Gasteiger partial charge in [0.2, 0.25) is 0 Å². The van der Waals surface area contributed by atoms with E-state index in [0.717, 1.165) is 19.1 Å². The molecule has 0 spiro atoms. The molecule has 11 heavy (non-hydrogen) atoms. The van der Waals surface area contributed by atoms with Crippen molar-refractivity contribution in [2.45, 2.75) is 0 Å². The number of halogens is 2. The van der Waals surface area contributed by atoms with Crippen molar-refractivity contribution in [2.24, 2.45) is 0 Å². The molecular formula is C7H3BrINO. The summed E-state index contributed by atoms with van der Waals surface area (Å²) in [6, 6.07) is 3.95. The lowest BCUT2D eigenvalue weighted by Gasteiger charge is -1.92. The highest BCUT2D eigenvalue weighted by molar-refractivity contribution is 14.1. The summed E-state index contributed by atoms with van der Waals surface area (Å²) in [5, 5.41) is 0. The third-order valence-corrected chi connectivity index (χ3v) is 2.88. The Hall–Kier alpha value is -0.100. The molecule has 0 aliphatic carbocycles. The van der Waals surface area contributed by atoms with E-state index in [1.54, 1.807) is 0 Å². The van der Waals surface area contributed by atoms with E-state index in [-0.39, 0.29) is 0 Å². The normalized spacial score (nSPS) is 10.7. The molecule has 0 aliphatic rings. The SMILES string of the molecule is Brc1ccc(I)c2ocnc12. The highest BCUT2D eigenvalue weighted by Gasteiger charge is 2.05. The van der Waals surface area contributed by atoms with E-state index in [4.69, 9.17) is 4.42 Å². The van der Waals surface area contributed by atoms with E-state index in [1.807, 2.05) is 12.1 Å². The summed E-state index contributed by atoms with van der Waals surface area (Å²) in [6.45, 7) is 0. The minimum absolute atomic E-state index is 0.847. The molecule has 2 aromatic rings. The fourth-order valence-electron chi connectivity index (χ4n) is 0.887. The lowest BCUT2D eigenvalue weighted by atomic mass is 10.3. The summed E-state index contributed by atoms with van der Waals surface area (Å²) in [6.07, 6.45) is 1.46. The van der Waals surface area contributed by atoms with Crippen molar-refractivity contribution in [3.05, 3.63) is 26.6 Å². The largest absolute Gasteiger partial charge is 0.442 e. The van der Waals surface area contributed by atoms with Crippen LogP contribution in [0.25, 0.3) is 11.1 Å². The molecule has 4 heteroatoms. The van der Waals surface area contributed by atoms with Crippen LogP contribution in [0, 0.1) is 3.57 Å². The standard InChI is InChI=1S/C7H3BrINO/c8-4-1-2-5(9)7-6(4)10-3-11-7/h1-3H. The van der Waals surface area contributed by atoms with Gasteiger partial charge in [-0.1, -0.05) is 0 Å². The molecule has 0 amide bonds. The minimum Gasteiger partial charge on any atom is -0.442 e. The summed E-state index contributed by atoms with van der Waals surface area (Å²) in [5.41, 5.74) is 1.73. The Balaban J connectivity index is 2.96. The fourth-order valence-corrected chi connectivity index (χ4v) is 1.86. The first-order valence-corrected chi connectivity index (χ1v) is 4.83. The smallest absolute Gasteiger partial charge is 0.182 e. The predicted molar refractivity (Wildman–Crippen MR) is 54.4 cm³/mol. The number of aromatic nitrogens is 1. The summed E-state index contributed by atoms with van der Waals surface area (Å²) >= 11 is 5.60. The highest BCUT2D eigenvalue weighted by Crippen LogP contribution is 2.26. The third-order valence-electron chi connectivity index (χ3n) is 1.39. The summed E-state index contributed by atoms with van der Waals surface area (Å²) in [4.78, 5) is 4.06. The molecule has 1 heterocycles. The van der Waals surface area contributed by atoms with Crippen LogP contribution in [0.3, 0.4) is 0 Å². The molecule has 0 unspecified atom stereocenters. The lowest BCUT2D eigenvalue weighted by molar-refractivity contribution is 0.600. The summed E-state index contributed by atoms with van der Waals surface area (Å²) < 4.78 is 7.24. The molecule has 0 bridgehead atoms. The Morgan fingerprint density at radius 3 is 3.00 bits per heavy atom. The summed E-state index contributed by atoms with van der Waals surface area (Å²) in [7, 11) is 0. The molecule has 0 saturated heterocycles. The van der Waals surface area contributed by atoms with Crippen LogP contribution in [0.4, 0.5) is 0 Å². The molecule has 0 atom stereocenters. The molecule has 56 valence electrons. The van der Waals surface area contributed by atoms with E-state index in [9.17, 15) is 0 Å². The molecular weight excluding hydrogens is 321 g/mol. The molecule has 1 aromatic heterocycles. The van der Waals surface area contributed by atoms with Gasteiger partial charge in [-0.05, 0) is 50.7 Å². The van der Waals surface area contributed by atoms with Gasteiger partial charge in [0.25, 0.3) is 0 Å². The van der Waals surface area contributed by atoms with Gasteiger partial charge in [0, 0.05) is 4.47 Å². The minimum atomic E-state index is 0.847. The Morgan fingerprint density at radius 2 is 2.27 bits per heavy atom.